The Hall–Kier alpha value is -1.60. The van der Waals surface area contributed by atoms with E-state index < -0.39 is 0 Å². The van der Waals surface area contributed by atoms with Crippen LogP contribution >= 0.6 is 0 Å². The summed E-state index contributed by atoms with van der Waals surface area (Å²) in [6, 6.07) is 4.35. The molecule has 3 heteroatoms. The van der Waals surface area contributed by atoms with E-state index in [9.17, 15) is 4.79 Å². The van der Waals surface area contributed by atoms with Crippen molar-refractivity contribution in [2.24, 2.45) is 4.99 Å². The molecule has 3 nitrogen and oxygen atoms in total. The van der Waals surface area contributed by atoms with Crippen LogP contribution in [0.2, 0.25) is 0 Å². The zero-order valence-corrected chi connectivity index (χ0v) is 10.7. The number of hydrogen-bond acceptors (Lipinski definition) is 3. The van der Waals surface area contributed by atoms with Crippen LogP contribution in [0.5, 0.6) is 5.75 Å². The maximum absolute atomic E-state index is 10.7. The maximum atomic E-state index is 10.7. The normalized spacial score (nSPS) is 19.6. The van der Waals surface area contributed by atoms with Crippen LogP contribution in [0.15, 0.2) is 17.1 Å². The second kappa shape index (κ2) is 4.25. The predicted octanol–water partition coefficient (Wildman–Crippen LogP) is 2.90. The van der Waals surface area contributed by atoms with Gasteiger partial charge in [-0.2, -0.15) is 4.99 Å². The fourth-order valence-corrected chi connectivity index (χ4v) is 3.17. The molecule has 1 saturated carbocycles. The number of benzene rings is 1. The lowest BCUT2D eigenvalue weighted by atomic mass is 9.71. The van der Waals surface area contributed by atoms with E-state index in [-0.39, 0.29) is 5.54 Å². The Morgan fingerprint density at radius 3 is 2.50 bits per heavy atom. The summed E-state index contributed by atoms with van der Waals surface area (Å²) in [6.07, 6.45) is 8.20. The number of nitrogens with zero attached hydrogens (tertiary/aromatic N) is 1. The van der Waals surface area contributed by atoms with Gasteiger partial charge in [-0.3, -0.25) is 0 Å². The molecule has 0 amide bonds. The average molecular weight is 243 g/mol. The van der Waals surface area contributed by atoms with E-state index in [4.69, 9.17) is 4.74 Å². The molecule has 0 aliphatic heterocycles. The number of aliphatic imine (C=N–C) groups is 1. The first-order chi connectivity index (χ1) is 8.79. The highest BCUT2D eigenvalue weighted by Crippen LogP contribution is 2.49. The quantitative estimate of drug-likeness (QED) is 0.605. The van der Waals surface area contributed by atoms with Crippen molar-refractivity contribution in [2.45, 2.75) is 44.1 Å². The predicted molar refractivity (Wildman–Crippen MR) is 68.7 cm³/mol. The molecule has 0 atom stereocenters. The third-order valence-electron chi connectivity index (χ3n) is 4.36. The van der Waals surface area contributed by atoms with Gasteiger partial charge in [-0.1, -0.05) is 0 Å². The van der Waals surface area contributed by atoms with Gasteiger partial charge in [0.25, 0.3) is 0 Å². The topological polar surface area (TPSA) is 38.7 Å². The van der Waals surface area contributed by atoms with Crippen LogP contribution in [0.4, 0.5) is 0 Å². The SMILES string of the molecule is COc1cc2c(cc1C1(N=C=O)CCC1)CCC2. The summed E-state index contributed by atoms with van der Waals surface area (Å²) >= 11 is 0. The van der Waals surface area contributed by atoms with Gasteiger partial charge in [0.2, 0.25) is 6.08 Å². The molecule has 0 bridgehead atoms. The van der Waals surface area contributed by atoms with E-state index in [2.05, 4.69) is 17.1 Å². The van der Waals surface area contributed by atoms with Gasteiger partial charge >= 0.3 is 0 Å². The minimum absolute atomic E-state index is 0.356. The van der Waals surface area contributed by atoms with E-state index >= 15 is 0 Å². The Labute approximate surface area is 107 Å². The van der Waals surface area contributed by atoms with Crippen molar-refractivity contribution in [3.05, 3.63) is 28.8 Å². The highest BCUT2D eigenvalue weighted by Gasteiger charge is 2.41. The van der Waals surface area contributed by atoms with Gasteiger partial charge in [-0.25, -0.2) is 4.79 Å². The fourth-order valence-electron chi connectivity index (χ4n) is 3.17. The van der Waals surface area contributed by atoms with Crippen molar-refractivity contribution in [1.82, 2.24) is 0 Å². The molecule has 1 fully saturated rings. The van der Waals surface area contributed by atoms with E-state index in [1.54, 1.807) is 13.2 Å². The number of carbonyl (C=O) groups excluding carboxylic acids is 1. The molecule has 2 aliphatic carbocycles. The van der Waals surface area contributed by atoms with Crippen molar-refractivity contribution >= 4 is 6.08 Å². The number of rotatable bonds is 3. The molecule has 1 aromatic carbocycles. The van der Waals surface area contributed by atoms with Crippen LogP contribution in [0, 0.1) is 0 Å². The molecule has 0 N–H and O–H groups in total. The van der Waals surface area contributed by atoms with E-state index in [1.807, 2.05) is 0 Å². The summed E-state index contributed by atoms with van der Waals surface area (Å²) in [4.78, 5) is 14.8. The molecule has 0 heterocycles. The minimum atomic E-state index is -0.356. The van der Waals surface area contributed by atoms with E-state index in [1.165, 1.54) is 17.5 Å². The van der Waals surface area contributed by atoms with E-state index in [0.717, 1.165) is 43.4 Å². The van der Waals surface area contributed by atoms with Crippen LogP contribution < -0.4 is 4.74 Å². The molecule has 0 saturated heterocycles. The van der Waals surface area contributed by atoms with Crippen LogP contribution in [-0.2, 0) is 23.2 Å². The molecular formula is C15H17NO2. The van der Waals surface area contributed by atoms with Gasteiger partial charge in [0.1, 0.15) is 11.3 Å². The van der Waals surface area contributed by atoms with E-state index in [0.29, 0.717) is 0 Å². The first-order valence-corrected chi connectivity index (χ1v) is 6.58. The molecular weight excluding hydrogens is 226 g/mol. The molecule has 2 aliphatic rings. The summed E-state index contributed by atoms with van der Waals surface area (Å²) in [7, 11) is 1.69. The molecule has 0 aromatic heterocycles. The van der Waals surface area contributed by atoms with Gasteiger partial charge < -0.3 is 4.74 Å². The zero-order valence-electron chi connectivity index (χ0n) is 10.7. The zero-order chi connectivity index (χ0) is 12.6. The number of aryl methyl sites for hydroxylation is 2. The maximum Gasteiger partial charge on any atom is 0.235 e. The fraction of sp³-hybridized carbons (Fsp3) is 0.533. The van der Waals surface area contributed by atoms with Gasteiger partial charge in [0.15, 0.2) is 0 Å². The second-order valence-electron chi connectivity index (χ2n) is 5.26. The standard InChI is InChI=1S/C15H17NO2/c1-18-14-9-12-5-2-4-11(12)8-13(14)15(16-10-17)6-3-7-15/h8-9H,2-7H2,1H3. The first kappa shape index (κ1) is 11.5. The number of ether oxygens (including phenoxy) is 1. The molecule has 18 heavy (non-hydrogen) atoms. The number of isocyanates is 1. The molecule has 3 rings (SSSR count). The summed E-state index contributed by atoms with van der Waals surface area (Å²) in [5.74, 6) is 0.884. The van der Waals surface area contributed by atoms with Crippen molar-refractivity contribution < 1.29 is 9.53 Å². The third kappa shape index (κ3) is 1.58. The molecule has 0 spiro atoms. The number of methoxy groups -OCH3 is 1. The van der Waals surface area contributed by atoms with Gasteiger partial charge in [-0.15, -0.1) is 0 Å². The van der Waals surface area contributed by atoms with Gasteiger partial charge in [-0.05, 0) is 61.8 Å². The van der Waals surface area contributed by atoms with Crippen LogP contribution in [-0.4, -0.2) is 13.2 Å². The van der Waals surface area contributed by atoms with Crippen LogP contribution in [0.3, 0.4) is 0 Å². The second-order valence-corrected chi connectivity index (χ2v) is 5.26. The van der Waals surface area contributed by atoms with Crippen molar-refractivity contribution in [3.63, 3.8) is 0 Å². The minimum Gasteiger partial charge on any atom is -0.496 e. The van der Waals surface area contributed by atoms with Crippen LogP contribution in [0.25, 0.3) is 0 Å². The highest BCUT2D eigenvalue weighted by molar-refractivity contribution is 5.50. The Morgan fingerprint density at radius 1 is 1.22 bits per heavy atom. The Bertz CT molecular complexity index is 526. The van der Waals surface area contributed by atoms with Crippen molar-refractivity contribution in [3.8, 4) is 5.75 Å². The average Bonchev–Trinajstić information content (AvgIpc) is 2.79. The largest absolute Gasteiger partial charge is 0.496 e. The van der Waals surface area contributed by atoms with Crippen LogP contribution in [0.1, 0.15) is 42.4 Å². The molecule has 94 valence electrons. The summed E-state index contributed by atoms with van der Waals surface area (Å²) in [5.41, 5.74) is 3.52. The number of hydrogen-bond donors (Lipinski definition) is 0. The summed E-state index contributed by atoms with van der Waals surface area (Å²) in [6.45, 7) is 0. The highest BCUT2D eigenvalue weighted by atomic mass is 16.5. The van der Waals surface area contributed by atoms with Gasteiger partial charge in [0, 0.05) is 5.56 Å². The summed E-state index contributed by atoms with van der Waals surface area (Å²) in [5, 5.41) is 0. The Morgan fingerprint density at radius 2 is 1.94 bits per heavy atom. The van der Waals surface area contributed by atoms with Crippen molar-refractivity contribution in [1.29, 1.82) is 0 Å². The molecule has 0 unspecified atom stereocenters. The Balaban J connectivity index is 2.13. The monoisotopic (exact) mass is 243 g/mol. The number of fused-ring (bicyclic) bond motifs is 1. The molecule has 0 radical (unpaired) electrons. The Kier molecular flexibility index (Phi) is 2.71. The van der Waals surface area contributed by atoms with Crippen molar-refractivity contribution in [2.75, 3.05) is 7.11 Å². The first-order valence-electron chi connectivity index (χ1n) is 6.58. The third-order valence-corrected chi connectivity index (χ3v) is 4.36. The lowest BCUT2D eigenvalue weighted by molar-refractivity contribution is 0.246. The van der Waals surface area contributed by atoms with Gasteiger partial charge in [0.05, 0.1) is 7.11 Å². The summed E-state index contributed by atoms with van der Waals surface area (Å²) < 4.78 is 5.51. The smallest absolute Gasteiger partial charge is 0.235 e. The lowest BCUT2D eigenvalue weighted by Gasteiger charge is -2.38. The lowest BCUT2D eigenvalue weighted by Crippen LogP contribution is -2.32. The molecule has 1 aromatic rings.